The molecule has 0 fully saturated rings. The molecule has 1 aromatic carbocycles. The molecule has 6 heteroatoms. The van der Waals surface area contributed by atoms with Crippen LogP contribution in [-0.4, -0.2) is 30.1 Å². The third-order valence-corrected chi connectivity index (χ3v) is 4.01. The molecule has 0 unspecified atom stereocenters. The molecular formula is C18H24ClN3O2. The first kappa shape index (κ1) is 18.4. The summed E-state index contributed by atoms with van der Waals surface area (Å²) in [6, 6.07) is 5.79. The number of benzene rings is 1. The van der Waals surface area contributed by atoms with Gasteiger partial charge in [-0.3, -0.25) is 4.68 Å². The quantitative estimate of drug-likeness (QED) is 0.696. The minimum atomic E-state index is 0.441. The number of halogens is 1. The van der Waals surface area contributed by atoms with Gasteiger partial charge in [0, 0.05) is 13.7 Å². The summed E-state index contributed by atoms with van der Waals surface area (Å²) in [7, 11) is 1.69. The van der Waals surface area contributed by atoms with Gasteiger partial charge < -0.3 is 14.8 Å². The molecule has 0 spiro atoms. The summed E-state index contributed by atoms with van der Waals surface area (Å²) < 4.78 is 12.6. The van der Waals surface area contributed by atoms with E-state index < -0.39 is 0 Å². The SMILES string of the molecule is C=CCOc1ccc(CNc2c(C)nn(CCOC)c2C)cc1Cl. The fourth-order valence-electron chi connectivity index (χ4n) is 2.46. The van der Waals surface area contributed by atoms with Crippen molar-refractivity contribution in [3.63, 3.8) is 0 Å². The minimum Gasteiger partial charge on any atom is -0.488 e. The van der Waals surface area contributed by atoms with Crippen molar-refractivity contribution in [3.05, 3.63) is 52.8 Å². The van der Waals surface area contributed by atoms with Crippen molar-refractivity contribution in [2.24, 2.45) is 0 Å². The molecule has 0 amide bonds. The van der Waals surface area contributed by atoms with Gasteiger partial charge in [0.1, 0.15) is 12.4 Å². The normalized spacial score (nSPS) is 10.7. The summed E-state index contributed by atoms with van der Waals surface area (Å²) in [5.41, 5.74) is 4.20. The van der Waals surface area contributed by atoms with E-state index in [1.807, 2.05) is 29.8 Å². The first-order valence-corrected chi connectivity index (χ1v) is 8.23. The van der Waals surface area contributed by atoms with Crippen LogP contribution in [0.25, 0.3) is 0 Å². The third-order valence-electron chi connectivity index (χ3n) is 3.71. The average molecular weight is 350 g/mol. The van der Waals surface area contributed by atoms with Crippen LogP contribution in [0.1, 0.15) is 17.0 Å². The van der Waals surface area contributed by atoms with Gasteiger partial charge in [-0.05, 0) is 31.5 Å². The molecule has 0 bridgehead atoms. The number of hydrogen-bond acceptors (Lipinski definition) is 4. The number of aryl methyl sites for hydroxylation is 1. The summed E-state index contributed by atoms with van der Waals surface area (Å²) in [5.74, 6) is 0.667. The zero-order chi connectivity index (χ0) is 17.5. The van der Waals surface area contributed by atoms with Gasteiger partial charge in [-0.1, -0.05) is 30.3 Å². The second-order valence-electron chi connectivity index (χ2n) is 5.48. The molecule has 1 aromatic heterocycles. The monoisotopic (exact) mass is 349 g/mol. The Hall–Kier alpha value is -1.98. The molecule has 2 aromatic rings. The second kappa shape index (κ2) is 8.76. The van der Waals surface area contributed by atoms with Crippen molar-refractivity contribution in [2.75, 3.05) is 25.6 Å². The zero-order valence-electron chi connectivity index (χ0n) is 14.4. The Morgan fingerprint density at radius 3 is 2.83 bits per heavy atom. The van der Waals surface area contributed by atoms with Crippen molar-refractivity contribution in [2.45, 2.75) is 26.9 Å². The van der Waals surface area contributed by atoms with Crippen LogP contribution < -0.4 is 10.1 Å². The van der Waals surface area contributed by atoms with Crippen LogP contribution in [0, 0.1) is 13.8 Å². The van der Waals surface area contributed by atoms with E-state index in [9.17, 15) is 0 Å². The fraction of sp³-hybridized carbons (Fsp3) is 0.389. The van der Waals surface area contributed by atoms with Crippen molar-refractivity contribution >= 4 is 17.3 Å². The van der Waals surface area contributed by atoms with Gasteiger partial charge in [0.05, 0.1) is 35.2 Å². The lowest BCUT2D eigenvalue weighted by molar-refractivity contribution is 0.182. The Bertz CT molecular complexity index is 698. The molecular weight excluding hydrogens is 326 g/mol. The number of hydrogen-bond donors (Lipinski definition) is 1. The Morgan fingerprint density at radius 1 is 1.38 bits per heavy atom. The van der Waals surface area contributed by atoms with Gasteiger partial charge in [0.25, 0.3) is 0 Å². The van der Waals surface area contributed by atoms with Crippen LogP contribution in [0.3, 0.4) is 0 Å². The number of anilines is 1. The fourth-order valence-corrected chi connectivity index (χ4v) is 2.72. The van der Waals surface area contributed by atoms with Gasteiger partial charge in [-0.2, -0.15) is 5.10 Å². The maximum absolute atomic E-state index is 6.25. The first-order valence-electron chi connectivity index (χ1n) is 7.85. The molecule has 1 heterocycles. The number of aromatic nitrogens is 2. The van der Waals surface area contributed by atoms with Gasteiger partial charge in [-0.15, -0.1) is 0 Å². The van der Waals surface area contributed by atoms with Crippen molar-refractivity contribution in [1.29, 1.82) is 0 Å². The van der Waals surface area contributed by atoms with Crippen LogP contribution in [0.2, 0.25) is 5.02 Å². The highest BCUT2D eigenvalue weighted by Crippen LogP contribution is 2.26. The van der Waals surface area contributed by atoms with Crippen LogP contribution in [0.5, 0.6) is 5.75 Å². The Morgan fingerprint density at radius 2 is 2.17 bits per heavy atom. The second-order valence-corrected chi connectivity index (χ2v) is 5.89. The largest absolute Gasteiger partial charge is 0.488 e. The smallest absolute Gasteiger partial charge is 0.138 e. The molecule has 5 nitrogen and oxygen atoms in total. The highest BCUT2D eigenvalue weighted by Gasteiger charge is 2.11. The molecule has 1 N–H and O–H groups in total. The topological polar surface area (TPSA) is 48.3 Å². The van der Waals surface area contributed by atoms with Gasteiger partial charge in [0.2, 0.25) is 0 Å². The molecule has 0 aliphatic carbocycles. The molecule has 0 atom stereocenters. The van der Waals surface area contributed by atoms with Crippen LogP contribution in [0.4, 0.5) is 5.69 Å². The molecule has 0 aliphatic rings. The maximum Gasteiger partial charge on any atom is 0.138 e. The van der Waals surface area contributed by atoms with E-state index in [-0.39, 0.29) is 0 Å². The lowest BCUT2D eigenvalue weighted by Crippen LogP contribution is -2.08. The van der Waals surface area contributed by atoms with Crippen molar-refractivity contribution < 1.29 is 9.47 Å². The van der Waals surface area contributed by atoms with Crippen LogP contribution in [0.15, 0.2) is 30.9 Å². The van der Waals surface area contributed by atoms with E-state index >= 15 is 0 Å². The highest BCUT2D eigenvalue weighted by molar-refractivity contribution is 6.32. The van der Waals surface area contributed by atoms with E-state index in [0.29, 0.717) is 30.5 Å². The predicted octanol–water partition coefficient (Wildman–Crippen LogP) is 3.98. The first-order chi connectivity index (χ1) is 11.6. The molecule has 0 radical (unpaired) electrons. The Kier molecular flexibility index (Phi) is 6.70. The molecule has 2 rings (SSSR count). The van der Waals surface area contributed by atoms with Crippen molar-refractivity contribution in [1.82, 2.24) is 9.78 Å². The molecule has 0 saturated heterocycles. The van der Waals surface area contributed by atoms with Crippen LogP contribution in [-0.2, 0) is 17.8 Å². The number of rotatable bonds is 9. The zero-order valence-corrected chi connectivity index (χ0v) is 15.2. The third kappa shape index (κ3) is 4.52. The summed E-state index contributed by atoms with van der Waals surface area (Å²) in [5, 5.41) is 8.59. The van der Waals surface area contributed by atoms with E-state index in [1.54, 1.807) is 13.2 Å². The standard InChI is InChI=1S/C18H24ClN3O2/c1-5-9-24-17-7-6-15(11-16(17)19)12-20-18-13(2)21-22(14(18)3)8-10-23-4/h5-7,11,20H,1,8-10,12H2,2-4H3. The molecule has 0 aliphatic heterocycles. The van der Waals surface area contributed by atoms with E-state index in [0.717, 1.165) is 29.2 Å². The maximum atomic E-state index is 6.25. The molecule has 0 saturated carbocycles. The average Bonchev–Trinajstić information content (AvgIpc) is 2.84. The predicted molar refractivity (Wildman–Crippen MR) is 98.0 cm³/mol. The van der Waals surface area contributed by atoms with Gasteiger partial charge in [-0.25, -0.2) is 0 Å². The lowest BCUT2D eigenvalue weighted by atomic mass is 10.2. The molecule has 130 valence electrons. The summed E-state index contributed by atoms with van der Waals surface area (Å²) in [6.45, 7) is 10.2. The Labute approximate surface area is 148 Å². The van der Waals surface area contributed by atoms with Crippen molar-refractivity contribution in [3.8, 4) is 5.75 Å². The number of ether oxygens (including phenoxy) is 2. The van der Waals surface area contributed by atoms with E-state index in [1.165, 1.54) is 0 Å². The summed E-state index contributed by atoms with van der Waals surface area (Å²) >= 11 is 6.25. The van der Waals surface area contributed by atoms with E-state index in [2.05, 4.69) is 23.9 Å². The number of nitrogens with zero attached hydrogens (tertiary/aromatic N) is 2. The van der Waals surface area contributed by atoms with Crippen LogP contribution >= 0.6 is 11.6 Å². The van der Waals surface area contributed by atoms with E-state index in [4.69, 9.17) is 21.1 Å². The summed E-state index contributed by atoms with van der Waals surface area (Å²) in [4.78, 5) is 0. The summed E-state index contributed by atoms with van der Waals surface area (Å²) in [6.07, 6.45) is 1.69. The number of methoxy groups -OCH3 is 1. The molecule has 24 heavy (non-hydrogen) atoms. The lowest BCUT2D eigenvalue weighted by Gasteiger charge is -2.10. The highest BCUT2D eigenvalue weighted by atomic mass is 35.5. The van der Waals surface area contributed by atoms with Gasteiger partial charge in [0.15, 0.2) is 0 Å². The Balaban J connectivity index is 2.04. The number of nitrogens with one attached hydrogen (secondary N) is 1. The van der Waals surface area contributed by atoms with Gasteiger partial charge >= 0.3 is 0 Å². The minimum absolute atomic E-state index is 0.441.